The number of carboxylic acid groups (broad SMARTS) is 1. The molecule has 4 rings (SSSR count). The van der Waals surface area contributed by atoms with Crippen LogP contribution in [0.4, 0.5) is 0 Å². The second-order valence-corrected chi connectivity index (χ2v) is 8.79. The van der Waals surface area contributed by atoms with Crippen LogP contribution in [0.25, 0.3) is 0 Å². The maximum atomic E-state index is 11.5. The fourth-order valence-electron chi connectivity index (χ4n) is 4.23. The summed E-state index contributed by atoms with van der Waals surface area (Å²) in [5, 5.41) is 9.42. The Morgan fingerprint density at radius 1 is 1.17 bits per heavy atom. The number of carboxylic acids is 1. The Hall–Kier alpha value is -2.53. The molecule has 0 saturated carbocycles. The lowest BCUT2D eigenvalue weighted by molar-refractivity contribution is 0.0697. The molecule has 2 aromatic rings. The summed E-state index contributed by atoms with van der Waals surface area (Å²) in [7, 11) is 1.66. The van der Waals surface area contributed by atoms with Crippen molar-refractivity contribution in [3.63, 3.8) is 0 Å². The lowest BCUT2D eigenvalue weighted by Crippen LogP contribution is -2.30. The smallest absolute Gasteiger partial charge is 0.335 e. The quantitative estimate of drug-likeness (QED) is 0.788. The average molecular weight is 416 g/mol. The maximum Gasteiger partial charge on any atom is 0.335 e. The summed E-state index contributed by atoms with van der Waals surface area (Å²) >= 11 is 0. The van der Waals surface area contributed by atoms with E-state index in [2.05, 4.69) is 27.7 Å². The number of halogens is 1. The van der Waals surface area contributed by atoms with Crippen LogP contribution in [0.15, 0.2) is 35.3 Å². The molecule has 0 aromatic heterocycles. The van der Waals surface area contributed by atoms with Crippen molar-refractivity contribution in [1.29, 1.82) is 0 Å². The van der Waals surface area contributed by atoms with Gasteiger partial charge in [-0.3, -0.25) is 4.99 Å². The van der Waals surface area contributed by atoms with Crippen LogP contribution in [0.2, 0.25) is 0 Å². The van der Waals surface area contributed by atoms with Gasteiger partial charge in [0.25, 0.3) is 0 Å². The Morgan fingerprint density at radius 2 is 1.90 bits per heavy atom. The van der Waals surface area contributed by atoms with E-state index in [1.54, 1.807) is 25.3 Å². The van der Waals surface area contributed by atoms with Crippen LogP contribution in [0.3, 0.4) is 0 Å². The first-order valence-corrected chi connectivity index (χ1v) is 9.46. The number of benzene rings is 2. The van der Waals surface area contributed by atoms with E-state index < -0.39 is 5.97 Å². The van der Waals surface area contributed by atoms with Crippen molar-refractivity contribution in [1.82, 2.24) is 0 Å². The minimum Gasteiger partial charge on any atom is -0.493 e. The van der Waals surface area contributed by atoms with Gasteiger partial charge in [0.05, 0.1) is 23.9 Å². The van der Waals surface area contributed by atoms with Crippen LogP contribution < -0.4 is 9.47 Å². The molecule has 0 atom stereocenters. The molecule has 2 aliphatic rings. The van der Waals surface area contributed by atoms with Gasteiger partial charge in [0.2, 0.25) is 0 Å². The third kappa shape index (κ3) is 3.71. The van der Waals surface area contributed by atoms with Crippen LogP contribution in [0.1, 0.15) is 60.3 Å². The molecule has 2 aromatic carbocycles. The summed E-state index contributed by atoms with van der Waals surface area (Å²) in [6.07, 6.45) is 1.54. The number of rotatable bonds is 3. The fraction of sp³-hybridized carbons (Fsp3) is 0.391. The van der Waals surface area contributed by atoms with E-state index in [0.29, 0.717) is 0 Å². The zero-order chi connectivity index (χ0) is 20.3. The lowest BCUT2D eigenvalue weighted by Gasteiger charge is -2.31. The van der Waals surface area contributed by atoms with Crippen molar-refractivity contribution < 1.29 is 19.4 Å². The minimum absolute atomic E-state index is 0. The molecular formula is C23H26ClNO4. The molecule has 0 unspecified atom stereocenters. The van der Waals surface area contributed by atoms with E-state index in [1.807, 2.05) is 12.1 Å². The zero-order valence-corrected chi connectivity index (χ0v) is 18.1. The Morgan fingerprint density at radius 3 is 2.55 bits per heavy atom. The van der Waals surface area contributed by atoms with E-state index in [9.17, 15) is 9.90 Å². The van der Waals surface area contributed by atoms with Crippen LogP contribution in [0, 0.1) is 0 Å². The van der Waals surface area contributed by atoms with Crippen molar-refractivity contribution >= 4 is 24.1 Å². The average Bonchev–Trinajstić information content (AvgIpc) is 2.94. The van der Waals surface area contributed by atoms with Gasteiger partial charge in [0.15, 0.2) is 11.5 Å². The summed E-state index contributed by atoms with van der Waals surface area (Å²) in [4.78, 5) is 16.5. The summed E-state index contributed by atoms with van der Waals surface area (Å²) in [5.74, 6) is 0.575. The summed E-state index contributed by atoms with van der Waals surface area (Å²) in [6, 6.07) is 9.05. The van der Waals surface area contributed by atoms with Crippen molar-refractivity contribution in [3.8, 4) is 11.5 Å². The third-order valence-electron chi connectivity index (χ3n) is 5.28. The molecule has 0 spiro atoms. The highest BCUT2D eigenvalue weighted by atomic mass is 35.5. The number of nitrogens with zero attached hydrogens (tertiary/aromatic N) is 1. The van der Waals surface area contributed by atoms with Gasteiger partial charge in [-0.2, -0.15) is 0 Å². The van der Waals surface area contributed by atoms with Gasteiger partial charge in [-0.25, -0.2) is 4.79 Å². The largest absolute Gasteiger partial charge is 0.493 e. The summed E-state index contributed by atoms with van der Waals surface area (Å²) < 4.78 is 11.8. The zero-order valence-electron chi connectivity index (χ0n) is 17.3. The first kappa shape index (κ1) is 21.2. The minimum atomic E-state index is -0.942. The van der Waals surface area contributed by atoms with Crippen molar-refractivity contribution in [2.24, 2.45) is 4.99 Å². The molecule has 2 heterocycles. The van der Waals surface area contributed by atoms with E-state index >= 15 is 0 Å². The normalized spacial score (nSPS) is 17.9. The Balaban J connectivity index is 0.00000240. The second-order valence-electron chi connectivity index (χ2n) is 8.79. The number of methoxy groups -OCH3 is 1. The van der Waals surface area contributed by atoms with Crippen molar-refractivity contribution in [2.75, 3.05) is 7.11 Å². The Bertz CT molecular complexity index is 1020. The molecule has 0 saturated heterocycles. The molecule has 0 fully saturated rings. The van der Waals surface area contributed by atoms with Gasteiger partial charge < -0.3 is 14.6 Å². The molecule has 0 amide bonds. The summed E-state index contributed by atoms with van der Waals surface area (Å²) in [6.45, 7) is 8.31. The van der Waals surface area contributed by atoms with Crippen molar-refractivity contribution in [3.05, 3.63) is 58.1 Å². The van der Waals surface area contributed by atoms with Crippen LogP contribution in [0.5, 0.6) is 11.5 Å². The first-order valence-electron chi connectivity index (χ1n) is 9.46. The Kier molecular flexibility index (Phi) is 5.16. The van der Waals surface area contributed by atoms with E-state index in [4.69, 9.17) is 14.5 Å². The van der Waals surface area contributed by atoms with E-state index in [0.717, 1.165) is 52.3 Å². The van der Waals surface area contributed by atoms with Crippen LogP contribution in [-0.4, -0.2) is 35.0 Å². The third-order valence-corrected chi connectivity index (χ3v) is 5.28. The molecule has 0 aliphatic carbocycles. The molecule has 29 heavy (non-hydrogen) atoms. The predicted octanol–water partition coefficient (Wildman–Crippen LogP) is 4.70. The van der Waals surface area contributed by atoms with Gasteiger partial charge in [-0.05, 0) is 57.9 Å². The highest BCUT2D eigenvalue weighted by molar-refractivity contribution is 6.16. The molecule has 6 heteroatoms. The molecule has 5 nitrogen and oxygen atoms in total. The maximum absolute atomic E-state index is 11.5. The molecule has 2 aliphatic heterocycles. The molecular weight excluding hydrogens is 390 g/mol. The first-order chi connectivity index (χ1) is 13.1. The van der Waals surface area contributed by atoms with Gasteiger partial charge in [-0.1, -0.05) is 12.1 Å². The predicted molar refractivity (Wildman–Crippen MR) is 115 cm³/mol. The van der Waals surface area contributed by atoms with Gasteiger partial charge >= 0.3 is 5.97 Å². The van der Waals surface area contributed by atoms with Gasteiger partial charge in [0, 0.05) is 23.1 Å². The highest BCUT2D eigenvalue weighted by Crippen LogP contribution is 2.47. The van der Waals surface area contributed by atoms with Gasteiger partial charge in [-0.15, -0.1) is 12.4 Å². The summed E-state index contributed by atoms with van der Waals surface area (Å²) in [5.41, 5.74) is 4.58. The van der Waals surface area contributed by atoms with E-state index in [1.165, 1.54) is 0 Å². The number of aliphatic imine (C=N–C) groups is 1. The lowest BCUT2D eigenvalue weighted by atomic mass is 9.81. The van der Waals surface area contributed by atoms with Gasteiger partial charge in [0.1, 0.15) is 5.60 Å². The Labute approximate surface area is 177 Å². The number of carbonyl (C=O) groups is 1. The highest BCUT2D eigenvalue weighted by Gasteiger charge is 2.39. The number of hydrogen-bond acceptors (Lipinski definition) is 4. The van der Waals surface area contributed by atoms with Crippen molar-refractivity contribution in [2.45, 2.75) is 51.7 Å². The fourth-order valence-corrected chi connectivity index (χ4v) is 4.23. The molecule has 0 bridgehead atoms. The topological polar surface area (TPSA) is 68.1 Å². The number of hydrogen-bond donors (Lipinski definition) is 1. The number of fused-ring (bicyclic) bond motifs is 3. The monoisotopic (exact) mass is 415 g/mol. The standard InChI is InChI=1S/C23H25NO4.ClH/c1-22(2)11-15-10-17(27-5)20-16(12-23(3,4)28-20)18(15)19(24-22)13-7-6-8-14(9-13)21(25)26;/h6-10H,11-12H2,1-5H3,(H,25,26);1H. The van der Waals surface area contributed by atoms with Crippen LogP contribution in [-0.2, 0) is 12.8 Å². The molecule has 154 valence electrons. The number of aromatic carboxylic acids is 1. The SMILES string of the molecule is COc1cc2c(c3c1OC(C)(C)C3)C(c1cccc(C(=O)O)c1)=NC(C)(C)C2.Cl. The second kappa shape index (κ2) is 7.06. The molecule has 0 radical (unpaired) electrons. The molecule has 1 N–H and O–H groups in total. The van der Waals surface area contributed by atoms with E-state index in [-0.39, 0.29) is 29.1 Å². The number of ether oxygens (including phenoxy) is 2. The van der Waals surface area contributed by atoms with Crippen LogP contribution >= 0.6 is 12.4 Å².